The molecule has 0 aromatic heterocycles. The Labute approximate surface area is 148 Å². The molecule has 2 rings (SSSR count). The van der Waals surface area contributed by atoms with Gasteiger partial charge >= 0.3 is 13.8 Å². The zero-order valence-electron chi connectivity index (χ0n) is 15.3. The Balaban J connectivity index is 2.34. The first-order valence-electron chi connectivity index (χ1n) is 8.75. The van der Waals surface area contributed by atoms with Crippen molar-refractivity contribution >= 4 is 19.6 Å². The SMILES string of the molecule is CCOP(=O)(OCC)OC1=C[C@@H](C)[C@@]2(C(=O)OC)C(=O)CCC[C@H]2C1. The van der Waals surface area contributed by atoms with E-state index < -0.39 is 25.1 Å². The monoisotopic (exact) mass is 374 g/mol. The Kier molecular flexibility index (Phi) is 6.46. The molecule has 1 fully saturated rings. The van der Waals surface area contributed by atoms with Crippen molar-refractivity contribution in [1.82, 2.24) is 0 Å². The van der Waals surface area contributed by atoms with Gasteiger partial charge in [0.1, 0.15) is 11.2 Å². The molecule has 25 heavy (non-hydrogen) atoms. The van der Waals surface area contributed by atoms with Crippen LogP contribution in [0.15, 0.2) is 11.8 Å². The summed E-state index contributed by atoms with van der Waals surface area (Å²) < 4.78 is 33.5. The lowest BCUT2D eigenvalue weighted by atomic mass is 9.56. The van der Waals surface area contributed by atoms with Crippen molar-refractivity contribution in [2.45, 2.75) is 46.5 Å². The molecule has 2 aliphatic rings. The molecule has 0 bridgehead atoms. The van der Waals surface area contributed by atoms with E-state index in [1.807, 2.05) is 0 Å². The average molecular weight is 374 g/mol. The Morgan fingerprint density at radius 3 is 2.52 bits per heavy atom. The minimum atomic E-state index is -3.70. The van der Waals surface area contributed by atoms with E-state index in [0.717, 1.165) is 6.42 Å². The topological polar surface area (TPSA) is 88.1 Å². The van der Waals surface area contributed by atoms with Gasteiger partial charge in [0.05, 0.1) is 20.3 Å². The molecule has 0 saturated heterocycles. The third kappa shape index (κ3) is 3.69. The molecule has 0 heterocycles. The number of hydrogen-bond acceptors (Lipinski definition) is 7. The quantitative estimate of drug-likeness (QED) is 0.382. The lowest BCUT2D eigenvalue weighted by Crippen LogP contribution is -2.54. The highest BCUT2D eigenvalue weighted by Crippen LogP contribution is 2.57. The van der Waals surface area contributed by atoms with Gasteiger partial charge in [-0.15, -0.1) is 0 Å². The maximum absolute atomic E-state index is 12.7. The molecule has 3 atom stereocenters. The number of ketones is 1. The summed E-state index contributed by atoms with van der Waals surface area (Å²) in [5.41, 5.74) is -1.18. The molecule has 7 nitrogen and oxygen atoms in total. The summed E-state index contributed by atoms with van der Waals surface area (Å²) in [4.78, 5) is 25.2. The fourth-order valence-electron chi connectivity index (χ4n) is 4.03. The molecule has 0 N–H and O–H groups in total. The van der Waals surface area contributed by atoms with E-state index in [-0.39, 0.29) is 24.9 Å². The number of hydrogen-bond donors (Lipinski definition) is 0. The van der Waals surface area contributed by atoms with E-state index in [1.165, 1.54) is 7.11 Å². The Hall–Kier alpha value is -1.17. The van der Waals surface area contributed by atoms with Gasteiger partial charge in [-0.2, -0.15) is 0 Å². The summed E-state index contributed by atoms with van der Waals surface area (Å²) in [6, 6.07) is 0. The molecule has 0 aromatic rings. The fourth-order valence-corrected chi connectivity index (χ4v) is 5.27. The smallest absolute Gasteiger partial charge is 0.468 e. The van der Waals surface area contributed by atoms with Crippen LogP contribution >= 0.6 is 7.82 Å². The van der Waals surface area contributed by atoms with Crippen molar-refractivity contribution < 1.29 is 32.5 Å². The first-order valence-corrected chi connectivity index (χ1v) is 10.2. The van der Waals surface area contributed by atoms with E-state index in [2.05, 4.69) is 0 Å². The van der Waals surface area contributed by atoms with Gasteiger partial charge < -0.3 is 9.26 Å². The summed E-state index contributed by atoms with van der Waals surface area (Å²) in [7, 11) is -2.40. The molecular formula is C17H27O7P. The van der Waals surface area contributed by atoms with Crippen LogP contribution in [-0.4, -0.2) is 32.1 Å². The normalized spacial score (nSPS) is 29.6. The number of carbonyl (C=O) groups is 2. The van der Waals surface area contributed by atoms with Crippen LogP contribution in [0.1, 0.15) is 46.5 Å². The Bertz CT molecular complexity index is 580. The maximum Gasteiger partial charge on any atom is 0.529 e. The number of fused-ring (bicyclic) bond motifs is 1. The molecule has 0 unspecified atom stereocenters. The Morgan fingerprint density at radius 1 is 1.32 bits per heavy atom. The van der Waals surface area contributed by atoms with Crippen LogP contribution in [0.4, 0.5) is 0 Å². The van der Waals surface area contributed by atoms with E-state index in [0.29, 0.717) is 25.0 Å². The number of rotatable bonds is 7. The van der Waals surface area contributed by atoms with Gasteiger partial charge in [0, 0.05) is 18.8 Å². The van der Waals surface area contributed by atoms with Crippen molar-refractivity contribution in [3.63, 3.8) is 0 Å². The number of methoxy groups -OCH3 is 1. The molecule has 142 valence electrons. The van der Waals surface area contributed by atoms with Crippen LogP contribution in [-0.2, 0) is 32.5 Å². The number of carbonyl (C=O) groups excluding carboxylic acids is 2. The largest absolute Gasteiger partial charge is 0.529 e. The van der Waals surface area contributed by atoms with Crippen LogP contribution < -0.4 is 0 Å². The third-order valence-electron chi connectivity index (χ3n) is 4.99. The number of phosphoric acid groups is 1. The van der Waals surface area contributed by atoms with Crippen LogP contribution in [0, 0.1) is 17.3 Å². The van der Waals surface area contributed by atoms with Crippen molar-refractivity contribution in [1.29, 1.82) is 0 Å². The molecule has 0 amide bonds. The van der Waals surface area contributed by atoms with E-state index in [1.54, 1.807) is 26.8 Å². The summed E-state index contributed by atoms with van der Waals surface area (Å²) in [5, 5.41) is 0. The van der Waals surface area contributed by atoms with Gasteiger partial charge in [-0.1, -0.05) is 6.92 Å². The summed E-state index contributed by atoms with van der Waals surface area (Å²) >= 11 is 0. The predicted octanol–water partition coefficient (Wildman–Crippen LogP) is 3.64. The van der Waals surface area contributed by atoms with Crippen LogP contribution in [0.25, 0.3) is 0 Å². The lowest BCUT2D eigenvalue weighted by Gasteiger charge is -2.46. The van der Waals surface area contributed by atoms with Gasteiger partial charge in [-0.25, -0.2) is 4.57 Å². The number of esters is 1. The molecule has 1 saturated carbocycles. The van der Waals surface area contributed by atoms with Crippen LogP contribution in [0.2, 0.25) is 0 Å². The second-order valence-electron chi connectivity index (χ2n) is 6.37. The number of Topliss-reactive ketones (excluding diaryl/α,β-unsaturated/α-hetero) is 1. The van der Waals surface area contributed by atoms with Crippen molar-refractivity contribution in [3.05, 3.63) is 11.8 Å². The van der Waals surface area contributed by atoms with Gasteiger partial charge in [-0.05, 0) is 38.7 Å². The molecule has 0 aliphatic heterocycles. The Morgan fingerprint density at radius 2 is 1.96 bits per heavy atom. The average Bonchev–Trinajstić information content (AvgIpc) is 2.54. The number of ether oxygens (including phenoxy) is 1. The van der Waals surface area contributed by atoms with E-state index in [9.17, 15) is 14.2 Å². The molecule has 2 aliphatic carbocycles. The third-order valence-corrected chi connectivity index (χ3v) is 6.60. The minimum absolute atomic E-state index is 0.0869. The van der Waals surface area contributed by atoms with Crippen molar-refractivity contribution in [3.8, 4) is 0 Å². The molecule has 0 spiro atoms. The van der Waals surface area contributed by atoms with Gasteiger partial charge in [-0.3, -0.25) is 18.6 Å². The highest BCUT2D eigenvalue weighted by atomic mass is 31.2. The van der Waals surface area contributed by atoms with Gasteiger partial charge in [0.2, 0.25) is 0 Å². The molecule has 8 heteroatoms. The van der Waals surface area contributed by atoms with Gasteiger partial charge in [0.25, 0.3) is 0 Å². The second kappa shape index (κ2) is 8.02. The standard InChI is InChI=1S/C17H27O7P/c1-5-22-25(20,23-6-2)24-14-10-12(3)17(16(19)21-4)13(11-14)8-7-9-15(17)18/h10,12-13H,5-9,11H2,1-4H3/t12-,13+,17+/m1/s1. The van der Waals surface area contributed by atoms with Crippen LogP contribution in [0.3, 0.4) is 0 Å². The summed E-state index contributed by atoms with van der Waals surface area (Å²) in [5.74, 6) is -0.804. The van der Waals surface area contributed by atoms with Gasteiger partial charge in [0.15, 0.2) is 5.78 Å². The van der Waals surface area contributed by atoms with Crippen LogP contribution in [0.5, 0.6) is 0 Å². The maximum atomic E-state index is 12.7. The lowest BCUT2D eigenvalue weighted by molar-refractivity contribution is -0.169. The van der Waals surface area contributed by atoms with Crippen molar-refractivity contribution in [2.75, 3.05) is 20.3 Å². The highest BCUT2D eigenvalue weighted by Gasteiger charge is 2.59. The number of phosphoric ester groups is 1. The first-order chi connectivity index (χ1) is 11.8. The zero-order valence-corrected chi connectivity index (χ0v) is 16.2. The summed E-state index contributed by atoms with van der Waals surface area (Å²) in [6.07, 6.45) is 3.81. The van der Waals surface area contributed by atoms with E-state index >= 15 is 0 Å². The zero-order chi connectivity index (χ0) is 18.7. The first kappa shape index (κ1) is 20.1. The molecule has 0 radical (unpaired) electrons. The fraction of sp³-hybridized carbons (Fsp3) is 0.765. The van der Waals surface area contributed by atoms with Crippen molar-refractivity contribution in [2.24, 2.45) is 17.3 Å². The molecule has 0 aromatic carbocycles. The summed E-state index contributed by atoms with van der Waals surface area (Å²) in [6.45, 7) is 5.58. The number of allylic oxidation sites excluding steroid dienone is 2. The second-order valence-corrected chi connectivity index (χ2v) is 7.97. The van der Waals surface area contributed by atoms with E-state index in [4.69, 9.17) is 18.3 Å². The highest BCUT2D eigenvalue weighted by molar-refractivity contribution is 7.48. The molecular weight excluding hydrogens is 347 g/mol. The minimum Gasteiger partial charge on any atom is -0.468 e. The predicted molar refractivity (Wildman–Crippen MR) is 90.6 cm³/mol.